The molecule has 2 aliphatic carbocycles. The molecule has 0 nitrogen and oxygen atoms in total. The van der Waals surface area contributed by atoms with E-state index in [4.69, 9.17) is 0 Å². The van der Waals surface area contributed by atoms with E-state index in [1.807, 2.05) is 10.4 Å². The normalized spacial score (nSPS) is 19.7. The standard InChI is InChI=1S/C46H58Si3.2CH3.Hf/c1-9-11-13-29-49(30-14-12-10-2,41-31-37-17-15-19-43(45(37)33-41)35-21-25-39(26-22-35)47(3,4)5)42-32-38-18-16-20-44(46(38)34-42)36-23-27-40(28-24-36)48(6,7)8;;;/h15-28,31-34H,9-14,29-30H2,1-8H3;2*1H3;. The van der Waals surface area contributed by atoms with Crippen LogP contribution < -0.4 is 10.4 Å². The molecule has 52 heavy (non-hydrogen) atoms. The van der Waals surface area contributed by atoms with Gasteiger partial charge in [0.25, 0.3) is 0 Å². The molecule has 2 unspecified atom stereocenters. The van der Waals surface area contributed by atoms with E-state index in [1.165, 1.54) is 72.9 Å². The molecule has 1 saturated heterocycles. The monoisotopic (exact) mass is 904 g/mol. The first-order valence-electron chi connectivity index (χ1n) is 20.6. The van der Waals surface area contributed by atoms with Crippen LogP contribution in [0.2, 0.25) is 60.7 Å². The molecule has 0 saturated carbocycles. The van der Waals surface area contributed by atoms with Crippen molar-refractivity contribution in [1.82, 2.24) is 0 Å². The van der Waals surface area contributed by atoms with Crippen LogP contribution in [0.5, 0.6) is 0 Å². The van der Waals surface area contributed by atoms with Crippen LogP contribution in [0, 0.1) is 0 Å². The second kappa shape index (κ2) is 14.5. The Hall–Kier alpha value is -2.12. The summed E-state index contributed by atoms with van der Waals surface area (Å²) in [4.78, 5) is 0. The first-order chi connectivity index (χ1) is 24.7. The van der Waals surface area contributed by atoms with Crippen molar-refractivity contribution in [2.75, 3.05) is 0 Å². The summed E-state index contributed by atoms with van der Waals surface area (Å²) in [6, 6.07) is 37.2. The van der Waals surface area contributed by atoms with E-state index in [0.717, 1.165) is 0 Å². The predicted octanol–water partition coefficient (Wildman–Crippen LogP) is 13.9. The maximum absolute atomic E-state index is 3.15. The molecule has 2 atom stereocenters. The molecule has 4 aromatic rings. The van der Waals surface area contributed by atoms with Gasteiger partial charge >= 0.3 is 327 Å². The number of rotatable bonds is 12. The summed E-state index contributed by atoms with van der Waals surface area (Å²) in [7, 11) is -4.74. The van der Waals surface area contributed by atoms with Crippen LogP contribution in [-0.4, -0.2) is 24.2 Å². The average Bonchev–Trinajstić information content (AvgIpc) is 3.72. The van der Waals surface area contributed by atoms with Crippen LogP contribution in [0.1, 0.15) is 82.0 Å². The molecule has 1 fully saturated rings. The zero-order valence-corrected chi connectivity index (χ0v) is 40.6. The van der Waals surface area contributed by atoms with Gasteiger partial charge in [-0.2, -0.15) is 0 Å². The molecule has 1 aliphatic heterocycles. The Kier molecular flexibility index (Phi) is 10.7. The van der Waals surface area contributed by atoms with Crippen molar-refractivity contribution in [3.05, 3.63) is 118 Å². The summed E-state index contributed by atoms with van der Waals surface area (Å²) < 4.78 is 7.09. The molecular formula is C48H64HfSi3. The van der Waals surface area contributed by atoms with Crippen molar-refractivity contribution < 1.29 is 20.0 Å². The van der Waals surface area contributed by atoms with Gasteiger partial charge in [0.15, 0.2) is 0 Å². The van der Waals surface area contributed by atoms with Gasteiger partial charge in [0.1, 0.15) is 0 Å². The molecule has 0 amide bonds. The molecule has 3 aliphatic rings. The number of allylic oxidation sites excluding steroid dienone is 2. The Balaban J connectivity index is 1.43. The van der Waals surface area contributed by atoms with Crippen LogP contribution in [0.15, 0.2) is 95.3 Å². The average molecular weight is 904 g/mol. The first-order valence-corrected chi connectivity index (χ1v) is 41.4. The van der Waals surface area contributed by atoms with Crippen LogP contribution >= 0.6 is 0 Å². The molecule has 272 valence electrons. The fraction of sp³-hybridized carbons (Fsp3) is 0.417. The molecule has 0 radical (unpaired) electrons. The zero-order valence-electron chi connectivity index (χ0n) is 34.0. The number of hydrogen-bond donors (Lipinski definition) is 0. The van der Waals surface area contributed by atoms with Gasteiger partial charge in [0.2, 0.25) is 0 Å². The molecule has 7 rings (SSSR count). The van der Waals surface area contributed by atoms with Gasteiger partial charge in [-0.3, -0.25) is 0 Å². The van der Waals surface area contributed by atoms with E-state index in [1.54, 1.807) is 32.6 Å². The molecule has 0 spiro atoms. The van der Waals surface area contributed by atoms with Gasteiger partial charge in [-0.25, -0.2) is 0 Å². The molecule has 0 aromatic heterocycles. The summed E-state index contributed by atoms with van der Waals surface area (Å²) in [6.07, 6.45) is 13.8. The second-order valence-electron chi connectivity index (χ2n) is 19.2. The first kappa shape index (κ1) is 38.2. The number of benzene rings is 4. The van der Waals surface area contributed by atoms with Crippen molar-refractivity contribution in [1.29, 1.82) is 0 Å². The fourth-order valence-corrected chi connectivity index (χ4v) is 45.6. The topological polar surface area (TPSA) is 0 Å². The number of hydrogen-bond acceptors (Lipinski definition) is 0. The van der Waals surface area contributed by atoms with E-state index < -0.39 is 44.2 Å². The van der Waals surface area contributed by atoms with E-state index >= 15 is 0 Å². The number of unbranched alkanes of at least 4 members (excludes halogenated alkanes) is 4. The summed E-state index contributed by atoms with van der Waals surface area (Å²) in [5.74, 6) is 0. The van der Waals surface area contributed by atoms with Gasteiger partial charge < -0.3 is 0 Å². The second-order valence-corrected chi connectivity index (χ2v) is 50.9. The van der Waals surface area contributed by atoms with Gasteiger partial charge in [0, 0.05) is 0 Å². The van der Waals surface area contributed by atoms with Crippen molar-refractivity contribution in [3.63, 3.8) is 0 Å². The molecule has 4 aromatic carbocycles. The van der Waals surface area contributed by atoms with Crippen molar-refractivity contribution in [2.45, 2.75) is 120 Å². The molecule has 4 heteroatoms. The van der Waals surface area contributed by atoms with Crippen molar-refractivity contribution in [2.24, 2.45) is 0 Å². The van der Waals surface area contributed by atoms with Gasteiger partial charge in [-0.05, 0) is 0 Å². The van der Waals surface area contributed by atoms with Crippen molar-refractivity contribution in [3.8, 4) is 22.3 Å². The molecule has 0 N–H and O–H groups in total. The Bertz CT molecular complexity index is 1860. The number of fused-ring (bicyclic) bond motifs is 6. The van der Waals surface area contributed by atoms with Crippen molar-refractivity contribution >= 4 is 46.7 Å². The predicted molar refractivity (Wildman–Crippen MR) is 237 cm³/mol. The minimum atomic E-state index is -3.15. The Morgan fingerprint density at radius 2 is 0.904 bits per heavy atom. The summed E-state index contributed by atoms with van der Waals surface area (Å²) in [5.41, 5.74) is 12.3. The van der Waals surface area contributed by atoms with E-state index in [9.17, 15) is 0 Å². The Morgan fingerprint density at radius 3 is 1.25 bits per heavy atom. The maximum atomic E-state index is 2.86. The fourth-order valence-electron chi connectivity index (χ4n) is 10.4. The van der Waals surface area contributed by atoms with Gasteiger partial charge in [0.05, 0.1) is 0 Å². The zero-order chi connectivity index (χ0) is 37.1. The van der Waals surface area contributed by atoms with Crippen LogP contribution in [0.3, 0.4) is 0 Å². The van der Waals surface area contributed by atoms with Gasteiger partial charge in [-0.1, -0.05) is 0 Å². The van der Waals surface area contributed by atoms with Crippen LogP contribution in [-0.2, 0) is 20.0 Å². The summed E-state index contributed by atoms with van der Waals surface area (Å²) >= 11 is -3.15. The summed E-state index contributed by atoms with van der Waals surface area (Å²) in [5, 5.41) is 7.03. The molecular weight excluding hydrogens is 839 g/mol. The summed E-state index contributed by atoms with van der Waals surface area (Å²) in [6.45, 7) is 19.6. The van der Waals surface area contributed by atoms with Crippen LogP contribution in [0.4, 0.5) is 0 Å². The third-order valence-corrected chi connectivity index (χ3v) is 40.1. The third kappa shape index (κ3) is 6.64. The Morgan fingerprint density at radius 1 is 0.519 bits per heavy atom. The Labute approximate surface area is 324 Å². The quantitative estimate of drug-likeness (QED) is 0.0982. The third-order valence-electron chi connectivity index (χ3n) is 13.3. The van der Waals surface area contributed by atoms with E-state index in [2.05, 4.69) is 160 Å². The SMILES string of the molecule is CCCCC[Si]1(CCCCC)C2=Cc3c(-c4ccc([Si](C)(C)C)cc4)cccc3[CH]2[Hf]([CH3])([CH3])[CH]2C1=Cc1c(-c3ccc([Si](C)(C)C)cc3)cccc12. The molecule has 1 heterocycles. The minimum absolute atomic E-state index is 0.686. The van der Waals surface area contributed by atoms with E-state index in [-0.39, 0.29) is 0 Å². The van der Waals surface area contributed by atoms with Gasteiger partial charge in [-0.15, -0.1) is 0 Å². The van der Waals surface area contributed by atoms with Crippen LogP contribution in [0.25, 0.3) is 34.4 Å². The molecule has 0 bridgehead atoms. The van der Waals surface area contributed by atoms with E-state index in [0.29, 0.717) is 7.35 Å².